The minimum absolute atomic E-state index is 1.03. The summed E-state index contributed by atoms with van der Waals surface area (Å²) in [7, 11) is 0. The molecule has 20 heavy (non-hydrogen) atoms. The van der Waals surface area contributed by atoms with Crippen LogP contribution in [0.15, 0.2) is 54.7 Å². The Hall–Kier alpha value is -2.06. The summed E-state index contributed by atoms with van der Waals surface area (Å²) in [6.45, 7) is 3.25. The fourth-order valence-corrected chi connectivity index (χ4v) is 3.22. The van der Waals surface area contributed by atoms with E-state index in [9.17, 15) is 0 Å². The van der Waals surface area contributed by atoms with E-state index in [0.29, 0.717) is 0 Å². The second-order valence-corrected chi connectivity index (χ2v) is 5.59. The van der Waals surface area contributed by atoms with Gasteiger partial charge in [0.05, 0.1) is 0 Å². The molecule has 1 aliphatic rings. The first-order chi connectivity index (χ1) is 9.90. The number of hydrogen-bond donors (Lipinski definition) is 1. The van der Waals surface area contributed by atoms with Gasteiger partial charge in [-0.1, -0.05) is 36.4 Å². The number of hydrogen-bond acceptors (Lipinski definition) is 1. The van der Waals surface area contributed by atoms with E-state index in [0.717, 1.165) is 19.6 Å². The Morgan fingerprint density at radius 1 is 0.950 bits per heavy atom. The highest BCUT2D eigenvalue weighted by atomic mass is 15.1. The van der Waals surface area contributed by atoms with Gasteiger partial charge in [0.25, 0.3) is 0 Å². The van der Waals surface area contributed by atoms with Gasteiger partial charge in [0.2, 0.25) is 0 Å². The van der Waals surface area contributed by atoms with Crippen LogP contribution in [0.2, 0.25) is 0 Å². The van der Waals surface area contributed by atoms with Crippen LogP contribution in [0.3, 0.4) is 0 Å². The molecule has 3 aromatic rings. The maximum Gasteiger partial charge on any atom is 0.0457 e. The molecule has 0 unspecified atom stereocenters. The Kier molecular flexibility index (Phi) is 2.82. The number of rotatable bonds is 2. The third-order valence-electron chi connectivity index (χ3n) is 4.29. The molecule has 2 heterocycles. The van der Waals surface area contributed by atoms with Gasteiger partial charge in [0.1, 0.15) is 0 Å². The summed E-state index contributed by atoms with van der Waals surface area (Å²) < 4.78 is 0. The molecular formula is C18H18N2. The largest absolute Gasteiger partial charge is 0.361 e. The van der Waals surface area contributed by atoms with Crippen LogP contribution in [0, 0.1) is 0 Å². The highest BCUT2D eigenvalue weighted by molar-refractivity contribution is 5.82. The standard InChI is InChI=1S/C18H18N2/c1-2-5-15-12-20(11-9-14(15)4-1)13-16-6-3-7-18-17(16)8-10-19-18/h1-8,10,19H,9,11-13H2. The van der Waals surface area contributed by atoms with Gasteiger partial charge in [0, 0.05) is 36.7 Å². The lowest BCUT2D eigenvalue weighted by Crippen LogP contribution is -2.30. The van der Waals surface area contributed by atoms with Crippen LogP contribution in [0.4, 0.5) is 0 Å². The van der Waals surface area contributed by atoms with Gasteiger partial charge in [-0.2, -0.15) is 0 Å². The molecule has 0 spiro atoms. The maximum absolute atomic E-state index is 3.29. The predicted octanol–water partition coefficient (Wildman–Crippen LogP) is 3.73. The molecule has 4 rings (SSSR count). The fraction of sp³-hybridized carbons (Fsp3) is 0.222. The molecule has 1 N–H and O–H groups in total. The van der Waals surface area contributed by atoms with Gasteiger partial charge in [0.15, 0.2) is 0 Å². The average Bonchev–Trinajstić information content (AvgIpc) is 2.97. The van der Waals surface area contributed by atoms with Gasteiger partial charge in [-0.25, -0.2) is 0 Å². The van der Waals surface area contributed by atoms with E-state index in [1.807, 2.05) is 6.20 Å². The monoisotopic (exact) mass is 262 g/mol. The summed E-state index contributed by atoms with van der Waals surface area (Å²) in [4.78, 5) is 5.84. The van der Waals surface area contributed by atoms with Crippen molar-refractivity contribution >= 4 is 10.9 Å². The first kappa shape index (κ1) is 11.7. The van der Waals surface area contributed by atoms with Crippen molar-refractivity contribution in [3.05, 3.63) is 71.4 Å². The van der Waals surface area contributed by atoms with Crippen molar-refractivity contribution in [3.63, 3.8) is 0 Å². The van der Waals surface area contributed by atoms with Crippen LogP contribution in [0.25, 0.3) is 10.9 Å². The van der Waals surface area contributed by atoms with E-state index in [4.69, 9.17) is 0 Å². The van der Waals surface area contributed by atoms with E-state index in [1.165, 1.54) is 34.0 Å². The number of fused-ring (bicyclic) bond motifs is 2. The highest BCUT2D eigenvalue weighted by Crippen LogP contribution is 2.23. The molecule has 2 nitrogen and oxygen atoms in total. The summed E-state index contributed by atoms with van der Waals surface area (Å²) in [5, 5.41) is 1.35. The molecule has 0 saturated heterocycles. The summed E-state index contributed by atoms with van der Waals surface area (Å²) in [5.41, 5.74) is 5.66. The van der Waals surface area contributed by atoms with Crippen molar-refractivity contribution in [2.45, 2.75) is 19.5 Å². The molecule has 1 aliphatic heterocycles. The molecule has 0 atom stereocenters. The van der Waals surface area contributed by atoms with Crippen LogP contribution in [-0.2, 0) is 19.5 Å². The molecule has 2 aromatic carbocycles. The quantitative estimate of drug-likeness (QED) is 0.745. The zero-order chi connectivity index (χ0) is 13.4. The summed E-state index contributed by atoms with van der Waals surface area (Å²) in [5.74, 6) is 0. The second kappa shape index (κ2) is 4.80. The molecule has 0 bridgehead atoms. The van der Waals surface area contributed by atoms with Gasteiger partial charge < -0.3 is 4.98 Å². The molecular weight excluding hydrogens is 244 g/mol. The van der Waals surface area contributed by atoms with Gasteiger partial charge >= 0.3 is 0 Å². The van der Waals surface area contributed by atoms with Crippen LogP contribution in [0.5, 0.6) is 0 Å². The van der Waals surface area contributed by atoms with Crippen molar-refractivity contribution in [1.82, 2.24) is 9.88 Å². The highest BCUT2D eigenvalue weighted by Gasteiger charge is 2.16. The number of H-pyrrole nitrogens is 1. The first-order valence-electron chi connectivity index (χ1n) is 7.24. The van der Waals surface area contributed by atoms with Crippen molar-refractivity contribution < 1.29 is 0 Å². The van der Waals surface area contributed by atoms with Gasteiger partial charge in [-0.05, 0) is 35.2 Å². The van der Waals surface area contributed by atoms with Crippen LogP contribution < -0.4 is 0 Å². The van der Waals surface area contributed by atoms with Gasteiger partial charge in [-0.3, -0.25) is 4.90 Å². The topological polar surface area (TPSA) is 19.0 Å². The van der Waals surface area contributed by atoms with E-state index in [-0.39, 0.29) is 0 Å². The molecule has 0 amide bonds. The van der Waals surface area contributed by atoms with Gasteiger partial charge in [-0.15, -0.1) is 0 Å². The van der Waals surface area contributed by atoms with E-state index < -0.39 is 0 Å². The number of aromatic nitrogens is 1. The average molecular weight is 262 g/mol. The lowest BCUT2D eigenvalue weighted by molar-refractivity contribution is 0.246. The third-order valence-corrected chi connectivity index (χ3v) is 4.29. The summed E-state index contributed by atoms with van der Waals surface area (Å²) >= 11 is 0. The number of nitrogens with one attached hydrogen (secondary N) is 1. The molecule has 100 valence electrons. The van der Waals surface area contributed by atoms with Crippen LogP contribution >= 0.6 is 0 Å². The van der Waals surface area contributed by atoms with Crippen LogP contribution in [0.1, 0.15) is 16.7 Å². The Labute approximate surface area is 119 Å². The summed E-state index contributed by atoms with van der Waals surface area (Å²) in [6.07, 6.45) is 3.19. The SMILES string of the molecule is c1ccc2c(c1)CCN(Cc1cccc3[nH]ccc13)C2. The maximum atomic E-state index is 3.29. The van der Waals surface area contributed by atoms with Crippen molar-refractivity contribution in [2.75, 3.05) is 6.54 Å². The lowest BCUT2D eigenvalue weighted by atomic mass is 9.99. The number of aromatic amines is 1. The molecule has 0 saturated carbocycles. The molecule has 1 aromatic heterocycles. The lowest BCUT2D eigenvalue weighted by Gasteiger charge is -2.28. The fourth-order valence-electron chi connectivity index (χ4n) is 3.22. The van der Waals surface area contributed by atoms with Crippen molar-refractivity contribution in [3.8, 4) is 0 Å². The van der Waals surface area contributed by atoms with Crippen molar-refractivity contribution in [2.24, 2.45) is 0 Å². The molecule has 0 fully saturated rings. The minimum atomic E-state index is 1.03. The van der Waals surface area contributed by atoms with E-state index in [1.54, 1.807) is 0 Å². The zero-order valence-corrected chi connectivity index (χ0v) is 11.5. The van der Waals surface area contributed by atoms with E-state index >= 15 is 0 Å². The summed E-state index contributed by atoms with van der Waals surface area (Å²) in [6, 6.07) is 17.5. The third kappa shape index (κ3) is 2.02. The smallest absolute Gasteiger partial charge is 0.0457 e. The molecule has 0 aliphatic carbocycles. The normalized spacial score (nSPS) is 15.4. The number of benzene rings is 2. The zero-order valence-electron chi connectivity index (χ0n) is 11.5. The van der Waals surface area contributed by atoms with Crippen LogP contribution in [-0.4, -0.2) is 16.4 Å². The Bertz CT molecular complexity index is 742. The Morgan fingerprint density at radius 2 is 1.85 bits per heavy atom. The van der Waals surface area contributed by atoms with E-state index in [2.05, 4.69) is 58.4 Å². The second-order valence-electron chi connectivity index (χ2n) is 5.59. The first-order valence-corrected chi connectivity index (χ1v) is 7.24. The molecule has 0 radical (unpaired) electrons. The Morgan fingerprint density at radius 3 is 2.80 bits per heavy atom. The predicted molar refractivity (Wildman–Crippen MR) is 82.6 cm³/mol. The van der Waals surface area contributed by atoms with Crippen molar-refractivity contribution in [1.29, 1.82) is 0 Å². The Balaban J connectivity index is 1.60. The molecule has 2 heteroatoms. The minimum Gasteiger partial charge on any atom is -0.361 e. The number of nitrogens with zero attached hydrogens (tertiary/aromatic N) is 1.